The molecule has 5 N–H and O–H groups in total. The summed E-state index contributed by atoms with van der Waals surface area (Å²) >= 11 is 0. The number of anilines is 2. The minimum Gasteiger partial charge on any atom is -0.382 e. The SMILES string of the molecule is Nc1n[nH]c2ccc(-c3ccnc4[nH]c(-c5ccnc(NCc6ccccc6)c5)cc34)cc12. The van der Waals surface area contributed by atoms with Crippen molar-refractivity contribution in [3.8, 4) is 22.4 Å². The summed E-state index contributed by atoms with van der Waals surface area (Å²) in [5, 5.41) is 12.4. The lowest BCUT2D eigenvalue weighted by Crippen LogP contribution is -2.01. The number of aromatic nitrogens is 5. The molecule has 0 aliphatic carbocycles. The van der Waals surface area contributed by atoms with Crippen LogP contribution in [-0.2, 0) is 6.54 Å². The van der Waals surface area contributed by atoms with E-state index in [2.05, 4.69) is 60.8 Å². The van der Waals surface area contributed by atoms with Gasteiger partial charge in [-0.2, -0.15) is 5.10 Å². The highest BCUT2D eigenvalue weighted by Gasteiger charge is 2.12. The zero-order valence-electron chi connectivity index (χ0n) is 17.7. The molecule has 0 bridgehead atoms. The van der Waals surface area contributed by atoms with Crippen LogP contribution in [0.1, 0.15) is 5.56 Å². The summed E-state index contributed by atoms with van der Waals surface area (Å²) in [4.78, 5) is 12.5. The molecule has 2 aromatic carbocycles. The summed E-state index contributed by atoms with van der Waals surface area (Å²) in [6, 6.07) is 24.6. The molecule has 0 saturated heterocycles. The number of nitrogens with two attached hydrogens (primary N) is 1. The number of fused-ring (bicyclic) bond motifs is 2. The molecule has 0 saturated carbocycles. The molecule has 7 heteroatoms. The van der Waals surface area contributed by atoms with Crippen molar-refractivity contribution >= 4 is 33.6 Å². The molecular formula is C26H21N7. The normalized spacial score (nSPS) is 11.3. The first-order valence-corrected chi connectivity index (χ1v) is 10.7. The number of rotatable bonds is 5. The lowest BCUT2D eigenvalue weighted by atomic mass is 10.0. The summed E-state index contributed by atoms with van der Waals surface area (Å²) in [5.41, 5.74) is 13.2. The molecule has 0 amide bonds. The lowest BCUT2D eigenvalue weighted by Gasteiger charge is -2.07. The van der Waals surface area contributed by atoms with Gasteiger partial charge in [-0.3, -0.25) is 5.10 Å². The first kappa shape index (κ1) is 19.1. The molecule has 7 nitrogen and oxygen atoms in total. The number of hydrogen-bond donors (Lipinski definition) is 4. The van der Waals surface area contributed by atoms with Crippen molar-refractivity contribution in [3.05, 3.63) is 90.8 Å². The Balaban J connectivity index is 1.35. The van der Waals surface area contributed by atoms with Gasteiger partial charge in [-0.25, -0.2) is 9.97 Å². The molecule has 6 aromatic rings. The van der Waals surface area contributed by atoms with E-state index in [0.717, 1.165) is 56.7 Å². The fourth-order valence-electron chi connectivity index (χ4n) is 4.12. The second kappa shape index (κ2) is 7.80. The highest BCUT2D eigenvalue weighted by atomic mass is 15.1. The first-order valence-electron chi connectivity index (χ1n) is 10.7. The Hall–Kier alpha value is -4.65. The van der Waals surface area contributed by atoms with Crippen molar-refractivity contribution < 1.29 is 0 Å². The van der Waals surface area contributed by atoms with Crippen LogP contribution in [0.3, 0.4) is 0 Å². The predicted molar refractivity (Wildman–Crippen MR) is 133 cm³/mol. The zero-order chi connectivity index (χ0) is 22.2. The van der Waals surface area contributed by atoms with E-state index in [0.29, 0.717) is 5.82 Å². The van der Waals surface area contributed by atoms with E-state index in [-0.39, 0.29) is 0 Å². The third-order valence-corrected chi connectivity index (χ3v) is 5.82. The minimum atomic E-state index is 0.499. The van der Waals surface area contributed by atoms with Crippen LogP contribution >= 0.6 is 0 Å². The number of nitrogen functional groups attached to an aromatic ring is 1. The van der Waals surface area contributed by atoms with Gasteiger partial charge in [0.25, 0.3) is 0 Å². The van der Waals surface area contributed by atoms with Crippen LogP contribution in [0.5, 0.6) is 0 Å². The van der Waals surface area contributed by atoms with Gasteiger partial charge in [-0.05, 0) is 53.1 Å². The van der Waals surface area contributed by atoms with Crippen LogP contribution in [-0.4, -0.2) is 25.1 Å². The molecule has 0 fully saturated rings. The number of benzene rings is 2. The van der Waals surface area contributed by atoms with Crippen LogP contribution in [0.15, 0.2) is 85.2 Å². The molecule has 4 aromatic heterocycles. The number of hydrogen-bond acceptors (Lipinski definition) is 5. The molecule has 4 heterocycles. The summed E-state index contributed by atoms with van der Waals surface area (Å²) in [5.74, 6) is 1.32. The quantitative estimate of drug-likeness (QED) is 0.294. The number of H-pyrrole nitrogens is 2. The van der Waals surface area contributed by atoms with Crippen LogP contribution in [0.25, 0.3) is 44.3 Å². The zero-order valence-corrected chi connectivity index (χ0v) is 17.7. The third kappa shape index (κ3) is 3.55. The van der Waals surface area contributed by atoms with Gasteiger partial charge in [0, 0.05) is 41.0 Å². The summed E-state index contributed by atoms with van der Waals surface area (Å²) < 4.78 is 0. The van der Waals surface area contributed by atoms with Crippen molar-refractivity contribution in [2.45, 2.75) is 6.54 Å². The van der Waals surface area contributed by atoms with Crippen molar-refractivity contribution in [2.24, 2.45) is 0 Å². The molecule has 33 heavy (non-hydrogen) atoms. The van der Waals surface area contributed by atoms with E-state index in [1.54, 1.807) is 0 Å². The molecule has 0 aliphatic rings. The molecular weight excluding hydrogens is 410 g/mol. The molecule has 0 radical (unpaired) electrons. The average molecular weight is 432 g/mol. The summed E-state index contributed by atoms with van der Waals surface area (Å²) in [7, 11) is 0. The fourth-order valence-corrected chi connectivity index (χ4v) is 4.12. The van der Waals surface area contributed by atoms with Crippen molar-refractivity contribution in [1.29, 1.82) is 0 Å². The second-order valence-electron chi connectivity index (χ2n) is 7.94. The van der Waals surface area contributed by atoms with Gasteiger partial charge in [0.05, 0.1) is 5.52 Å². The summed E-state index contributed by atoms with van der Waals surface area (Å²) in [6.07, 6.45) is 3.64. The van der Waals surface area contributed by atoms with E-state index in [9.17, 15) is 0 Å². The monoisotopic (exact) mass is 431 g/mol. The van der Waals surface area contributed by atoms with Crippen molar-refractivity contribution in [1.82, 2.24) is 25.1 Å². The molecule has 0 aliphatic heterocycles. The topological polar surface area (TPSA) is 108 Å². The molecule has 0 unspecified atom stereocenters. The average Bonchev–Trinajstić information content (AvgIpc) is 3.47. The first-order chi connectivity index (χ1) is 16.2. The van der Waals surface area contributed by atoms with E-state index in [1.165, 1.54) is 5.56 Å². The Morgan fingerprint density at radius 1 is 0.818 bits per heavy atom. The highest BCUT2D eigenvalue weighted by Crippen LogP contribution is 2.33. The highest BCUT2D eigenvalue weighted by molar-refractivity contribution is 5.99. The van der Waals surface area contributed by atoms with Crippen LogP contribution in [0.2, 0.25) is 0 Å². The van der Waals surface area contributed by atoms with E-state index in [1.807, 2.05) is 54.9 Å². The van der Waals surface area contributed by atoms with Crippen LogP contribution in [0.4, 0.5) is 11.6 Å². The number of pyridine rings is 2. The Bertz CT molecular complexity index is 1580. The molecule has 6 rings (SSSR count). The van der Waals surface area contributed by atoms with E-state index >= 15 is 0 Å². The van der Waals surface area contributed by atoms with Gasteiger partial charge in [-0.1, -0.05) is 36.4 Å². The predicted octanol–water partition coefficient (Wildman–Crippen LogP) is 5.36. The molecule has 160 valence electrons. The van der Waals surface area contributed by atoms with Crippen molar-refractivity contribution in [2.75, 3.05) is 11.1 Å². The summed E-state index contributed by atoms with van der Waals surface area (Å²) in [6.45, 7) is 0.718. The Morgan fingerprint density at radius 3 is 2.61 bits per heavy atom. The van der Waals surface area contributed by atoms with E-state index < -0.39 is 0 Å². The number of nitrogens with one attached hydrogen (secondary N) is 3. The second-order valence-corrected chi connectivity index (χ2v) is 7.94. The Labute approximate surface area is 189 Å². The third-order valence-electron chi connectivity index (χ3n) is 5.82. The van der Waals surface area contributed by atoms with Gasteiger partial charge in [0.15, 0.2) is 5.82 Å². The smallest absolute Gasteiger partial charge is 0.153 e. The number of aromatic amines is 2. The van der Waals surface area contributed by atoms with Crippen molar-refractivity contribution in [3.63, 3.8) is 0 Å². The standard InChI is InChI=1S/C26H21N7/c27-25-21-12-17(6-7-22(21)32-33-25)19-9-11-29-26-20(19)14-23(31-26)18-8-10-28-24(13-18)30-15-16-4-2-1-3-5-16/h1-14H,15H2,(H,28,30)(H,29,31)(H3,27,32,33). The van der Waals surface area contributed by atoms with Gasteiger partial charge < -0.3 is 16.0 Å². The van der Waals surface area contributed by atoms with Gasteiger partial charge in [-0.15, -0.1) is 0 Å². The molecule has 0 spiro atoms. The van der Waals surface area contributed by atoms with Gasteiger partial charge >= 0.3 is 0 Å². The number of nitrogens with zero attached hydrogens (tertiary/aromatic N) is 3. The Kier molecular flexibility index (Phi) is 4.51. The fraction of sp³-hybridized carbons (Fsp3) is 0.0385. The van der Waals surface area contributed by atoms with Crippen LogP contribution < -0.4 is 11.1 Å². The Morgan fingerprint density at radius 2 is 1.70 bits per heavy atom. The van der Waals surface area contributed by atoms with Gasteiger partial charge in [0.2, 0.25) is 0 Å². The maximum atomic E-state index is 6.02. The minimum absolute atomic E-state index is 0.499. The molecule has 0 atom stereocenters. The lowest BCUT2D eigenvalue weighted by molar-refractivity contribution is 1.11. The largest absolute Gasteiger partial charge is 0.382 e. The van der Waals surface area contributed by atoms with E-state index in [4.69, 9.17) is 5.73 Å². The maximum Gasteiger partial charge on any atom is 0.153 e. The van der Waals surface area contributed by atoms with Gasteiger partial charge in [0.1, 0.15) is 11.5 Å². The van der Waals surface area contributed by atoms with Crippen LogP contribution in [0, 0.1) is 0 Å². The maximum absolute atomic E-state index is 6.02.